The lowest BCUT2D eigenvalue weighted by Gasteiger charge is -2.16. The van der Waals surface area contributed by atoms with Gasteiger partial charge in [0.2, 0.25) is 5.91 Å². The number of methoxy groups -OCH3 is 1. The molecule has 2 amide bonds. The highest BCUT2D eigenvalue weighted by molar-refractivity contribution is 5.98. The van der Waals surface area contributed by atoms with Gasteiger partial charge < -0.3 is 15.0 Å². The lowest BCUT2D eigenvalue weighted by molar-refractivity contribution is -0.118. The Balaban J connectivity index is 1.66. The predicted molar refractivity (Wildman–Crippen MR) is 97.0 cm³/mol. The first-order valence-electron chi connectivity index (χ1n) is 8.46. The van der Waals surface area contributed by atoms with Gasteiger partial charge >= 0.3 is 0 Å². The zero-order chi connectivity index (χ0) is 17.8. The molecule has 5 nitrogen and oxygen atoms in total. The van der Waals surface area contributed by atoms with Crippen LogP contribution in [0.3, 0.4) is 0 Å². The van der Waals surface area contributed by atoms with Crippen LogP contribution < -0.4 is 15.0 Å². The largest absolute Gasteiger partial charge is 0.497 e. The first-order chi connectivity index (χ1) is 12.1. The molecule has 0 unspecified atom stereocenters. The second kappa shape index (κ2) is 7.38. The summed E-state index contributed by atoms with van der Waals surface area (Å²) < 4.78 is 5.12. The number of hydrogen-bond acceptors (Lipinski definition) is 3. The number of nitrogens with zero attached hydrogens (tertiary/aromatic N) is 1. The van der Waals surface area contributed by atoms with Crippen LogP contribution in [0.1, 0.15) is 34.8 Å². The summed E-state index contributed by atoms with van der Waals surface area (Å²) in [6.07, 6.45) is 1.28. The van der Waals surface area contributed by atoms with Gasteiger partial charge in [-0.2, -0.15) is 0 Å². The van der Waals surface area contributed by atoms with Gasteiger partial charge in [0.15, 0.2) is 0 Å². The van der Waals surface area contributed by atoms with Gasteiger partial charge in [-0.05, 0) is 47.9 Å². The van der Waals surface area contributed by atoms with Crippen molar-refractivity contribution in [3.8, 4) is 5.75 Å². The van der Waals surface area contributed by atoms with Crippen molar-refractivity contribution in [2.24, 2.45) is 0 Å². The van der Waals surface area contributed by atoms with Crippen LogP contribution >= 0.6 is 0 Å². The number of nitrogens with one attached hydrogen (secondary N) is 1. The Morgan fingerprint density at radius 3 is 2.60 bits per heavy atom. The standard InChI is InChI=1S/C20H22N2O3/c1-3-19(23)22-11-10-15-12-16(6-9-18(15)22)20(24)21-13-14-4-7-17(25-2)8-5-14/h4-9,12H,3,10-11,13H2,1-2H3,(H,21,24). The molecule has 2 aromatic carbocycles. The van der Waals surface area contributed by atoms with Crippen LogP contribution in [0.5, 0.6) is 5.75 Å². The van der Waals surface area contributed by atoms with E-state index in [-0.39, 0.29) is 11.8 Å². The smallest absolute Gasteiger partial charge is 0.251 e. The summed E-state index contributed by atoms with van der Waals surface area (Å²) in [5.74, 6) is 0.800. The third kappa shape index (κ3) is 3.65. The maximum absolute atomic E-state index is 12.4. The van der Waals surface area contributed by atoms with E-state index < -0.39 is 0 Å². The Morgan fingerprint density at radius 1 is 1.16 bits per heavy atom. The van der Waals surface area contributed by atoms with Crippen LogP contribution in [0, 0.1) is 0 Å². The molecule has 0 atom stereocenters. The summed E-state index contributed by atoms with van der Waals surface area (Å²) in [5, 5.41) is 2.93. The summed E-state index contributed by atoms with van der Waals surface area (Å²) >= 11 is 0. The van der Waals surface area contributed by atoms with Crippen LogP contribution in [0.2, 0.25) is 0 Å². The normalized spacial score (nSPS) is 12.6. The number of ether oxygens (including phenoxy) is 1. The quantitative estimate of drug-likeness (QED) is 0.912. The van der Waals surface area contributed by atoms with Crippen molar-refractivity contribution in [3.05, 3.63) is 59.2 Å². The molecule has 0 spiro atoms. The van der Waals surface area contributed by atoms with Crippen molar-refractivity contribution in [1.29, 1.82) is 0 Å². The van der Waals surface area contributed by atoms with Gasteiger partial charge in [-0.1, -0.05) is 19.1 Å². The summed E-state index contributed by atoms with van der Waals surface area (Å²) in [4.78, 5) is 26.1. The van der Waals surface area contributed by atoms with E-state index in [0.717, 1.165) is 29.0 Å². The summed E-state index contributed by atoms with van der Waals surface area (Å²) in [6, 6.07) is 13.1. The van der Waals surface area contributed by atoms with E-state index in [4.69, 9.17) is 4.74 Å². The first kappa shape index (κ1) is 17.0. The molecular formula is C20H22N2O3. The molecular weight excluding hydrogens is 316 g/mol. The van der Waals surface area contributed by atoms with Gasteiger partial charge in [-0.3, -0.25) is 9.59 Å². The number of carbonyl (C=O) groups excluding carboxylic acids is 2. The molecule has 0 aromatic heterocycles. The van der Waals surface area contributed by atoms with Crippen LogP contribution in [0.25, 0.3) is 0 Å². The highest BCUT2D eigenvalue weighted by atomic mass is 16.5. The Bertz CT molecular complexity index is 784. The number of amides is 2. The fourth-order valence-corrected chi connectivity index (χ4v) is 3.02. The lowest BCUT2D eigenvalue weighted by atomic mass is 10.1. The third-order valence-electron chi connectivity index (χ3n) is 4.45. The van der Waals surface area contributed by atoms with Crippen LogP contribution in [0.4, 0.5) is 5.69 Å². The topological polar surface area (TPSA) is 58.6 Å². The maximum atomic E-state index is 12.4. The molecule has 1 aliphatic heterocycles. The van der Waals surface area contributed by atoms with E-state index in [2.05, 4.69) is 5.32 Å². The number of carbonyl (C=O) groups is 2. The predicted octanol–water partition coefficient (Wildman–Crippen LogP) is 2.92. The Kier molecular flexibility index (Phi) is 5.03. The fraction of sp³-hybridized carbons (Fsp3) is 0.300. The SMILES string of the molecule is CCC(=O)N1CCc2cc(C(=O)NCc3ccc(OC)cc3)ccc21. The average molecular weight is 338 g/mol. The number of rotatable bonds is 5. The Hall–Kier alpha value is -2.82. The Morgan fingerprint density at radius 2 is 1.92 bits per heavy atom. The minimum atomic E-state index is -0.112. The molecule has 130 valence electrons. The highest BCUT2D eigenvalue weighted by Crippen LogP contribution is 2.29. The zero-order valence-corrected chi connectivity index (χ0v) is 14.5. The molecule has 5 heteroatoms. The third-order valence-corrected chi connectivity index (χ3v) is 4.45. The molecule has 0 bridgehead atoms. The van der Waals surface area contributed by atoms with Crippen molar-refractivity contribution in [2.75, 3.05) is 18.6 Å². The first-order valence-corrected chi connectivity index (χ1v) is 8.46. The number of anilines is 1. The molecule has 0 fully saturated rings. The molecule has 1 N–H and O–H groups in total. The second-order valence-electron chi connectivity index (χ2n) is 6.02. The molecule has 1 aliphatic rings. The van der Waals surface area contributed by atoms with E-state index in [0.29, 0.717) is 25.1 Å². The monoisotopic (exact) mass is 338 g/mol. The summed E-state index contributed by atoms with van der Waals surface area (Å²) in [5.41, 5.74) is 3.62. The maximum Gasteiger partial charge on any atom is 0.251 e. The van der Waals surface area contributed by atoms with Crippen molar-refractivity contribution in [3.63, 3.8) is 0 Å². The molecule has 0 radical (unpaired) electrons. The minimum absolute atomic E-state index is 0.112. The second-order valence-corrected chi connectivity index (χ2v) is 6.02. The fourth-order valence-electron chi connectivity index (χ4n) is 3.02. The van der Waals surface area contributed by atoms with Gasteiger partial charge in [0, 0.05) is 30.8 Å². The minimum Gasteiger partial charge on any atom is -0.497 e. The van der Waals surface area contributed by atoms with Crippen LogP contribution in [-0.2, 0) is 17.8 Å². The van der Waals surface area contributed by atoms with Gasteiger partial charge in [0.1, 0.15) is 5.75 Å². The molecule has 0 saturated carbocycles. The average Bonchev–Trinajstić information content (AvgIpc) is 3.09. The molecule has 25 heavy (non-hydrogen) atoms. The van der Waals surface area contributed by atoms with Crippen molar-refractivity contribution >= 4 is 17.5 Å². The van der Waals surface area contributed by atoms with Crippen molar-refractivity contribution < 1.29 is 14.3 Å². The van der Waals surface area contributed by atoms with E-state index in [9.17, 15) is 9.59 Å². The van der Waals surface area contributed by atoms with E-state index in [1.807, 2.05) is 43.3 Å². The lowest BCUT2D eigenvalue weighted by Crippen LogP contribution is -2.27. The highest BCUT2D eigenvalue weighted by Gasteiger charge is 2.24. The van der Waals surface area contributed by atoms with Gasteiger partial charge in [-0.25, -0.2) is 0 Å². The Labute approximate surface area is 147 Å². The van der Waals surface area contributed by atoms with Gasteiger partial charge in [0.05, 0.1) is 7.11 Å². The molecule has 0 aliphatic carbocycles. The molecule has 1 heterocycles. The number of fused-ring (bicyclic) bond motifs is 1. The van der Waals surface area contributed by atoms with Crippen molar-refractivity contribution in [1.82, 2.24) is 5.32 Å². The molecule has 2 aromatic rings. The van der Waals surface area contributed by atoms with E-state index >= 15 is 0 Å². The zero-order valence-electron chi connectivity index (χ0n) is 14.5. The van der Waals surface area contributed by atoms with Gasteiger partial charge in [-0.15, -0.1) is 0 Å². The molecule has 0 saturated heterocycles. The van der Waals surface area contributed by atoms with Crippen LogP contribution in [-0.4, -0.2) is 25.5 Å². The number of hydrogen-bond donors (Lipinski definition) is 1. The van der Waals surface area contributed by atoms with Crippen molar-refractivity contribution in [2.45, 2.75) is 26.3 Å². The van der Waals surface area contributed by atoms with E-state index in [1.165, 1.54) is 0 Å². The summed E-state index contributed by atoms with van der Waals surface area (Å²) in [7, 11) is 1.62. The van der Waals surface area contributed by atoms with E-state index in [1.54, 1.807) is 18.1 Å². The molecule has 3 rings (SSSR count). The summed E-state index contributed by atoms with van der Waals surface area (Å²) in [6.45, 7) is 3.01. The van der Waals surface area contributed by atoms with Gasteiger partial charge in [0.25, 0.3) is 5.91 Å². The number of benzene rings is 2. The van der Waals surface area contributed by atoms with Crippen LogP contribution in [0.15, 0.2) is 42.5 Å².